The van der Waals surface area contributed by atoms with Gasteiger partial charge < -0.3 is 15.2 Å². The van der Waals surface area contributed by atoms with Crippen LogP contribution in [0.25, 0.3) is 0 Å². The highest BCUT2D eigenvalue weighted by atomic mass is 35.5. The summed E-state index contributed by atoms with van der Waals surface area (Å²) < 4.78 is 5.15. The first kappa shape index (κ1) is 11.6. The summed E-state index contributed by atoms with van der Waals surface area (Å²) in [6.07, 6.45) is 1.93. The second-order valence-electron chi connectivity index (χ2n) is 4.14. The van der Waals surface area contributed by atoms with Gasteiger partial charge in [-0.15, -0.1) is 0 Å². The van der Waals surface area contributed by atoms with Crippen molar-refractivity contribution in [2.24, 2.45) is 5.92 Å². The molecule has 16 heavy (non-hydrogen) atoms. The molecule has 1 fully saturated rings. The van der Waals surface area contributed by atoms with Crippen molar-refractivity contribution < 1.29 is 9.84 Å². The molecule has 0 radical (unpaired) electrons. The van der Waals surface area contributed by atoms with Crippen molar-refractivity contribution in [3.63, 3.8) is 0 Å². The van der Waals surface area contributed by atoms with Gasteiger partial charge in [-0.25, -0.2) is 0 Å². The van der Waals surface area contributed by atoms with E-state index in [1.807, 2.05) is 0 Å². The number of rotatable bonds is 3. The van der Waals surface area contributed by atoms with Gasteiger partial charge >= 0.3 is 0 Å². The zero-order valence-corrected chi connectivity index (χ0v) is 10.0. The molecule has 88 valence electrons. The van der Waals surface area contributed by atoms with E-state index in [0.717, 1.165) is 31.5 Å². The molecule has 0 spiro atoms. The monoisotopic (exact) mass is 241 g/mol. The average Bonchev–Trinajstić information content (AvgIpc) is 2.77. The Bertz CT molecular complexity index is 376. The molecule has 1 aliphatic heterocycles. The zero-order valence-electron chi connectivity index (χ0n) is 9.29. The first-order valence-corrected chi connectivity index (χ1v) is 5.85. The second-order valence-corrected chi connectivity index (χ2v) is 4.52. The Kier molecular flexibility index (Phi) is 3.56. The van der Waals surface area contributed by atoms with Gasteiger partial charge in [0.25, 0.3) is 0 Å². The molecular weight excluding hydrogens is 226 g/mol. The lowest BCUT2D eigenvalue weighted by atomic mass is 9.97. The van der Waals surface area contributed by atoms with Gasteiger partial charge in [-0.05, 0) is 44.0 Å². The molecule has 0 saturated carbocycles. The van der Waals surface area contributed by atoms with Crippen LogP contribution < -0.4 is 10.1 Å². The minimum atomic E-state index is 0.262. The molecule has 0 amide bonds. The lowest BCUT2D eigenvalue weighted by molar-refractivity contribution is 0.409. The molecule has 1 saturated heterocycles. The number of nitrogens with one attached hydrogen (secondary N) is 1. The van der Waals surface area contributed by atoms with E-state index in [0.29, 0.717) is 16.7 Å². The Hall–Kier alpha value is -0.930. The van der Waals surface area contributed by atoms with Crippen LogP contribution in [0, 0.1) is 5.92 Å². The van der Waals surface area contributed by atoms with Crippen LogP contribution in [-0.2, 0) is 6.42 Å². The summed E-state index contributed by atoms with van der Waals surface area (Å²) >= 11 is 6.19. The summed E-state index contributed by atoms with van der Waals surface area (Å²) in [5.41, 5.74) is 0.801. The summed E-state index contributed by atoms with van der Waals surface area (Å²) in [6, 6.07) is 3.33. The van der Waals surface area contributed by atoms with Gasteiger partial charge in [0.05, 0.1) is 12.1 Å². The van der Waals surface area contributed by atoms with E-state index in [-0.39, 0.29) is 5.75 Å². The minimum Gasteiger partial charge on any atom is -0.508 e. The van der Waals surface area contributed by atoms with Crippen molar-refractivity contribution >= 4 is 11.6 Å². The molecule has 1 aliphatic rings. The number of ether oxygens (including phenoxy) is 1. The van der Waals surface area contributed by atoms with Crippen molar-refractivity contribution in [2.75, 3.05) is 20.2 Å². The third kappa shape index (κ3) is 2.25. The zero-order chi connectivity index (χ0) is 11.5. The Labute approximate surface area is 100 Å². The minimum absolute atomic E-state index is 0.262. The molecule has 3 nitrogen and oxygen atoms in total. The molecule has 4 heteroatoms. The Morgan fingerprint density at radius 1 is 1.56 bits per heavy atom. The van der Waals surface area contributed by atoms with E-state index in [1.54, 1.807) is 19.2 Å². The molecule has 1 atom stereocenters. The predicted octanol–water partition coefficient (Wildman–Crippen LogP) is 2.21. The second kappa shape index (κ2) is 4.93. The number of hydrogen-bond acceptors (Lipinski definition) is 3. The van der Waals surface area contributed by atoms with Gasteiger partial charge in [0, 0.05) is 5.56 Å². The van der Waals surface area contributed by atoms with E-state index in [2.05, 4.69) is 5.32 Å². The maximum Gasteiger partial charge on any atom is 0.138 e. The third-order valence-electron chi connectivity index (χ3n) is 3.06. The SMILES string of the molecule is COc1ccc(O)c(CC2CCNC2)c1Cl. The normalized spacial score (nSPS) is 20.0. The summed E-state index contributed by atoms with van der Waals surface area (Å²) in [5.74, 6) is 1.44. The number of benzene rings is 1. The van der Waals surface area contributed by atoms with Gasteiger partial charge in [-0.1, -0.05) is 11.6 Å². The third-order valence-corrected chi connectivity index (χ3v) is 3.47. The Morgan fingerprint density at radius 2 is 2.38 bits per heavy atom. The van der Waals surface area contributed by atoms with E-state index < -0.39 is 0 Å². The highest BCUT2D eigenvalue weighted by Crippen LogP contribution is 2.36. The van der Waals surface area contributed by atoms with E-state index in [9.17, 15) is 5.11 Å². The van der Waals surface area contributed by atoms with Crippen LogP contribution in [0.15, 0.2) is 12.1 Å². The standard InChI is InChI=1S/C12H16ClNO2/c1-16-11-3-2-10(15)9(12(11)13)6-8-4-5-14-7-8/h2-3,8,14-15H,4-7H2,1H3. The highest BCUT2D eigenvalue weighted by Gasteiger charge is 2.20. The number of aromatic hydroxyl groups is 1. The van der Waals surface area contributed by atoms with Gasteiger partial charge in [-0.2, -0.15) is 0 Å². The predicted molar refractivity (Wildman–Crippen MR) is 64.3 cm³/mol. The maximum absolute atomic E-state index is 9.81. The van der Waals surface area contributed by atoms with Crippen LogP contribution in [-0.4, -0.2) is 25.3 Å². The largest absolute Gasteiger partial charge is 0.508 e. The quantitative estimate of drug-likeness (QED) is 0.853. The van der Waals surface area contributed by atoms with Crippen LogP contribution >= 0.6 is 11.6 Å². The summed E-state index contributed by atoms with van der Waals surface area (Å²) in [4.78, 5) is 0. The molecule has 2 N–H and O–H groups in total. The van der Waals surface area contributed by atoms with Crippen LogP contribution in [0.5, 0.6) is 11.5 Å². The number of phenolic OH excluding ortho intramolecular Hbond substituents is 1. The topological polar surface area (TPSA) is 41.5 Å². The van der Waals surface area contributed by atoms with Crippen LogP contribution in [0.4, 0.5) is 0 Å². The van der Waals surface area contributed by atoms with E-state index in [1.165, 1.54) is 0 Å². The smallest absolute Gasteiger partial charge is 0.138 e. The van der Waals surface area contributed by atoms with Crippen LogP contribution in [0.1, 0.15) is 12.0 Å². The number of phenols is 1. The highest BCUT2D eigenvalue weighted by molar-refractivity contribution is 6.33. The molecular formula is C12H16ClNO2. The van der Waals surface area contributed by atoms with Crippen molar-refractivity contribution in [3.8, 4) is 11.5 Å². The van der Waals surface area contributed by atoms with Crippen LogP contribution in [0.3, 0.4) is 0 Å². The van der Waals surface area contributed by atoms with Crippen molar-refractivity contribution in [1.82, 2.24) is 5.32 Å². The van der Waals surface area contributed by atoms with E-state index in [4.69, 9.17) is 16.3 Å². The first-order chi connectivity index (χ1) is 7.72. The Balaban J connectivity index is 2.23. The average molecular weight is 242 g/mol. The molecule has 2 rings (SSSR count). The first-order valence-electron chi connectivity index (χ1n) is 5.47. The summed E-state index contributed by atoms with van der Waals surface area (Å²) in [7, 11) is 1.58. The molecule has 0 aliphatic carbocycles. The van der Waals surface area contributed by atoms with Gasteiger partial charge in [0.1, 0.15) is 11.5 Å². The fraction of sp³-hybridized carbons (Fsp3) is 0.500. The molecule has 1 heterocycles. The molecule has 1 aromatic rings. The molecule has 1 unspecified atom stereocenters. The van der Waals surface area contributed by atoms with Crippen molar-refractivity contribution in [2.45, 2.75) is 12.8 Å². The maximum atomic E-state index is 9.81. The molecule has 0 aromatic heterocycles. The fourth-order valence-electron chi connectivity index (χ4n) is 2.12. The van der Waals surface area contributed by atoms with E-state index >= 15 is 0 Å². The Morgan fingerprint density at radius 3 is 3.00 bits per heavy atom. The summed E-state index contributed by atoms with van der Waals surface area (Å²) in [5, 5.41) is 13.7. The fourth-order valence-corrected chi connectivity index (χ4v) is 2.43. The molecule has 1 aromatic carbocycles. The van der Waals surface area contributed by atoms with Crippen LogP contribution in [0.2, 0.25) is 5.02 Å². The van der Waals surface area contributed by atoms with Gasteiger partial charge in [0.2, 0.25) is 0 Å². The number of methoxy groups -OCH3 is 1. The van der Waals surface area contributed by atoms with Gasteiger partial charge in [0.15, 0.2) is 0 Å². The van der Waals surface area contributed by atoms with Gasteiger partial charge in [-0.3, -0.25) is 0 Å². The lowest BCUT2D eigenvalue weighted by Gasteiger charge is -2.13. The van der Waals surface area contributed by atoms with Crippen molar-refractivity contribution in [1.29, 1.82) is 0 Å². The lowest BCUT2D eigenvalue weighted by Crippen LogP contribution is -2.11. The number of hydrogen-bond donors (Lipinski definition) is 2. The van der Waals surface area contributed by atoms with Crippen molar-refractivity contribution in [3.05, 3.63) is 22.7 Å². The molecule has 0 bridgehead atoms. The number of halogens is 1. The summed E-state index contributed by atoms with van der Waals surface area (Å²) in [6.45, 7) is 2.04.